The Kier molecular flexibility index (Phi) is 8.66. The van der Waals surface area contributed by atoms with Gasteiger partial charge in [-0.25, -0.2) is 0 Å². The molecule has 0 aromatic heterocycles. The highest BCUT2D eigenvalue weighted by Gasteiger charge is 2.08. The smallest absolute Gasteiger partial charge is 0.189 e. The van der Waals surface area contributed by atoms with Gasteiger partial charge in [0.15, 0.2) is 5.78 Å². The van der Waals surface area contributed by atoms with Crippen molar-refractivity contribution < 1.29 is 19.0 Å². The second-order valence-corrected chi connectivity index (χ2v) is 4.77. The molecule has 1 rings (SSSR count). The van der Waals surface area contributed by atoms with E-state index in [1.165, 1.54) is 0 Å². The Hall–Kier alpha value is -0.750. The van der Waals surface area contributed by atoms with Crippen molar-refractivity contribution in [2.24, 2.45) is 0 Å². The second kappa shape index (κ2) is 10.1. The number of methoxy groups -OCH3 is 1. The molecule has 0 saturated heterocycles. The van der Waals surface area contributed by atoms with Crippen LogP contribution in [0.4, 0.5) is 0 Å². The number of hydrogen-bond donors (Lipinski definition) is 0. The molecule has 0 saturated carbocycles. The lowest BCUT2D eigenvalue weighted by Crippen LogP contribution is -2.13. The van der Waals surface area contributed by atoms with Crippen molar-refractivity contribution in [2.75, 3.05) is 40.1 Å². The standard InChI is InChI=1S/C14H19BrO4/c1-17-7-4-8-18-9-10-19-11-14(16)12-5-2-3-6-13(12)15/h2-3,5-6H,4,7-11H2,1H3. The van der Waals surface area contributed by atoms with Crippen molar-refractivity contribution in [3.8, 4) is 0 Å². The minimum atomic E-state index is -0.0353. The van der Waals surface area contributed by atoms with Gasteiger partial charge in [-0.05, 0) is 12.5 Å². The highest BCUT2D eigenvalue weighted by molar-refractivity contribution is 9.10. The van der Waals surface area contributed by atoms with Gasteiger partial charge < -0.3 is 14.2 Å². The maximum absolute atomic E-state index is 11.8. The monoisotopic (exact) mass is 330 g/mol. The predicted molar refractivity (Wildman–Crippen MR) is 76.6 cm³/mol. The number of benzene rings is 1. The van der Waals surface area contributed by atoms with Crippen molar-refractivity contribution >= 4 is 21.7 Å². The lowest BCUT2D eigenvalue weighted by Gasteiger charge is -2.06. The number of carbonyl (C=O) groups excluding carboxylic acids is 1. The van der Waals surface area contributed by atoms with Gasteiger partial charge in [0.2, 0.25) is 0 Å². The SMILES string of the molecule is COCCCOCCOCC(=O)c1ccccc1Br. The number of ether oxygens (including phenoxy) is 3. The Morgan fingerprint density at radius 1 is 1.11 bits per heavy atom. The average Bonchev–Trinajstić information content (AvgIpc) is 2.42. The van der Waals surface area contributed by atoms with E-state index in [1.54, 1.807) is 13.2 Å². The van der Waals surface area contributed by atoms with Crippen LogP contribution in [0.3, 0.4) is 0 Å². The van der Waals surface area contributed by atoms with Gasteiger partial charge in [0.25, 0.3) is 0 Å². The molecule has 0 bridgehead atoms. The molecule has 1 aromatic carbocycles. The Morgan fingerprint density at radius 2 is 1.84 bits per heavy atom. The number of hydrogen-bond acceptors (Lipinski definition) is 4. The molecule has 1 aromatic rings. The van der Waals surface area contributed by atoms with Gasteiger partial charge in [-0.15, -0.1) is 0 Å². The third-order valence-corrected chi connectivity index (χ3v) is 3.11. The van der Waals surface area contributed by atoms with E-state index in [1.807, 2.05) is 18.2 Å². The van der Waals surface area contributed by atoms with Crippen LogP contribution < -0.4 is 0 Å². The summed E-state index contributed by atoms with van der Waals surface area (Å²) < 4.78 is 16.3. The number of halogens is 1. The van der Waals surface area contributed by atoms with Crippen molar-refractivity contribution in [3.63, 3.8) is 0 Å². The summed E-state index contributed by atoms with van der Waals surface area (Å²) >= 11 is 3.34. The Morgan fingerprint density at radius 3 is 2.58 bits per heavy atom. The van der Waals surface area contributed by atoms with Crippen molar-refractivity contribution in [2.45, 2.75) is 6.42 Å². The molecule has 0 unspecified atom stereocenters. The number of carbonyl (C=O) groups is 1. The molecule has 0 N–H and O–H groups in total. The van der Waals surface area contributed by atoms with Gasteiger partial charge in [0.1, 0.15) is 6.61 Å². The molecule has 5 heteroatoms. The minimum Gasteiger partial charge on any atom is -0.385 e. The van der Waals surface area contributed by atoms with Gasteiger partial charge >= 0.3 is 0 Å². The molecular weight excluding hydrogens is 312 g/mol. The van der Waals surface area contributed by atoms with Crippen LogP contribution >= 0.6 is 15.9 Å². The molecule has 0 spiro atoms. The fourth-order valence-electron chi connectivity index (χ4n) is 1.46. The molecule has 4 nitrogen and oxygen atoms in total. The minimum absolute atomic E-state index is 0.0353. The van der Waals surface area contributed by atoms with Crippen LogP contribution in [0.5, 0.6) is 0 Å². The van der Waals surface area contributed by atoms with E-state index in [0.29, 0.717) is 32.0 Å². The van der Waals surface area contributed by atoms with E-state index in [4.69, 9.17) is 14.2 Å². The summed E-state index contributed by atoms with van der Waals surface area (Å²) in [5.74, 6) is -0.0353. The molecule has 0 aliphatic heterocycles. The van der Waals surface area contributed by atoms with Gasteiger partial charge in [-0.3, -0.25) is 4.79 Å². The lowest BCUT2D eigenvalue weighted by molar-refractivity contribution is 0.0382. The van der Waals surface area contributed by atoms with Crippen LogP contribution in [0.2, 0.25) is 0 Å². The molecule has 0 amide bonds. The Bertz CT molecular complexity index is 381. The maximum atomic E-state index is 11.8. The highest BCUT2D eigenvalue weighted by atomic mass is 79.9. The summed E-state index contributed by atoms with van der Waals surface area (Å²) in [5, 5.41) is 0. The average molecular weight is 331 g/mol. The Balaban J connectivity index is 2.10. The van der Waals surface area contributed by atoms with E-state index in [2.05, 4.69) is 15.9 Å². The van der Waals surface area contributed by atoms with Gasteiger partial charge in [0.05, 0.1) is 13.2 Å². The molecular formula is C14H19BrO4. The third-order valence-electron chi connectivity index (χ3n) is 2.42. The quantitative estimate of drug-likeness (QED) is 0.488. The van der Waals surface area contributed by atoms with Crippen molar-refractivity contribution in [1.29, 1.82) is 0 Å². The zero-order chi connectivity index (χ0) is 13.9. The van der Waals surface area contributed by atoms with E-state index < -0.39 is 0 Å². The van der Waals surface area contributed by atoms with Crippen LogP contribution in [-0.2, 0) is 14.2 Å². The maximum Gasteiger partial charge on any atom is 0.189 e. The van der Waals surface area contributed by atoms with Gasteiger partial charge in [-0.2, -0.15) is 0 Å². The Labute approximate surface area is 122 Å². The van der Waals surface area contributed by atoms with Gasteiger partial charge in [0, 0.05) is 30.4 Å². The summed E-state index contributed by atoms with van der Waals surface area (Å²) in [6, 6.07) is 7.32. The first-order valence-corrected chi connectivity index (χ1v) is 6.97. The van der Waals surface area contributed by atoms with Crippen LogP contribution in [0.15, 0.2) is 28.7 Å². The normalized spacial score (nSPS) is 10.6. The molecule has 0 aliphatic rings. The van der Waals surface area contributed by atoms with Crippen LogP contribution in [0.25, 0.3) is 0 Å². The second-order valence-electron chi connectivity index (χ2n) is 3.91. The number of ketones is 1. The summed E-state index contributed by atoms with van der Waals surface area (Å²) in [5.41, 5.74) is 0.642. The molecule has 0 heterocycles. The van der Waals surface area contributed by atoms with E-state index in [0.717, 1.165) is 10.9 Å². The number of Topliss-reactive ketones (excluding diaryl/α,β-unsaturated/α-hetero) is 1. The first-order chi connectivity index (χ1) is 9.25. The van der Waals surface area contributed by atoms with E-state index in [9.17, 15) is 4.79 Å². The van der Waals surface area contributed by atoms with E-state index >= 15 is 0 Å². The fraction of sp³-hybridized carbons (Fsp3) is 0.500. The summed E-state index contributed by atoms with van der Waals surface area (Å²) in [4.78, 5) is 11.8. The first-order valence-electron chi connectivity index (χ1n) is 6.18. The molecule has 0 radical (unpaired) electrons. The summed E-state index contributed by atoms with van der Waals surface area (Å²) in [6.07, 6.45) is 0.867. The third kappa shape index (κ3) is 6.82. The fourth-order valence-corrected chi connectivity index (χ4v) is 1.96. The topological polar surface area (TPSA) is 44.8 Å². The zero-order valence-corrected chi connectivity index (χ0v) is 12.6. The molecule has 0 atom stereocenters. The predicted octanol–water partition coefficient (Wildman–Crippen LogP) is 2.70. The van der Waals surface area contributed by atoms with Crippen molar-refractivity contribution in [1.82, 2.24) is 0 Å². The highest BCUT2D eigenvalue weighted by Crippen LogP contribution is 2.16. The van der Waals surface area contributed by atoms with Crippen LogP contribution in [0.1, 0.15) is 16.8 Å². The molecule has 0 fully saturated rings. The van der Waals surface area contributed by atoms with Gasteiger partial charge in [-0.1, -0.05) is 34.1 Å². The largest absolute Gasteiger partial charge is 0.385 e. The lowest BCUT2D eigenvalue weighted by atomic mass is 10.1. The zero-order valence-electron chi connectivity index (χ0n) is 11.1. The van der Waals surface area contributed by atoms with E-state index in [-0.39, 0.29) is 12.4 Å². The molecule has 19 heavy (non-hydrogen) atoms. The molecule has 0 aliphatic carbocycles. The first kappa shape index (κ1) is 16.3. The van der Waals surface area contributed by atoms with Crippen LogP contribution in [-0.4, -0.2) is 45.9 Å². The summed E-state index contributed by atoms with van der Waals surface area (Å²) in [7, 11) is 1.66. The molecule has 106 valence electrons. The number of rotatable bonds is 10. The van der Waals surface area contributed by atoms with Crippen molar-refractivity contribution in [3.05, 3.63) is 34.3 Å². The van der Waals surface area contributed by atoms with Crippen LogP contribution in [0, 0.1) is 0 Å². The summed E-state index contributed by atoms with van der Waals surface area (Å²) in [6.45, 7) is 2.33.